The number of nitrogens with zero attached hydrogens (tertiary/aromatic N) is 1. The summed E-state index contributed by atoms with van der Waals surface area (Å²) in [6.07, 6.45) is -2.33. The Morgan fingerprint density at radius 1 is 1.09 bits per heavy atom. The summed E-state index contributed by atoms with van der Waals surface area (Å²) in [5, 5.41) is 3.00. The van der Waals surface area contributed by atoms with E-state index in [1.807, 2.05) is 37.3 Å². The van der Waals surface area contributed by atoms with Crippen molar-refractivity contribution >= 4 is 15.9 Å². The molecule has 1 saturated heterocycles. The highest BCUT2D eigenvalue weighted by molar-refractivity contribution is 7.89. The zero-order valence-corrected chi connectivity index (χ0v) is 18.6. The minimum Gasteiger partial charge on any atom is -0.353 e. The van der Waals surface area contributed by atoms with Crippen molar-refractivity contribution in [3.63, 3.8) is 0 Å². The van der Waals surface area contributed by atoms with Gasteiger partial charge in [-0.05, 0) is 56.4 Å². The Morgan fingerprint density at radius 2 is 1.75 bits per heavy atom. The quantitative estimate of drug-likeness (QED) is 0.661. The number of carbonyl (C=O) groups is 1. The molecule has 0 aromatic heterocycles. The molecule has 1 N–H and O–H groups in total. The third-order valence-corrected chi connectivity index (χ3v) is 7.62. The number of hydrogen-bond donors (Lipinski definition) is 1. The van der Waals surface area contributed by atoms with Crippen LogP contribution in [0.1, 0.15) is 37.3 Å². The zero-order valence-electron chi connectivity index (χ0n) is 17.8. The molecule has 1 aliphatic heterocycles. The van der Waals surface area contributed by atoms with Crippen molar-refractivity contribution in [3.8, 4) is 0 Å². The molecule has 0 unspecified atom stereocenters. The summed E-state index contributed by atoms with van der Waals surface area (Å²) in [6.45, 7) is 2.12. The van der Waals surface area contributed by atoms with Gasteiger partial charge < -0.3 is 5.32 Å². The molecule has 2 aromatic carbocycles. The molecule has 1 fully saturated rings. The van der Waals surface area contributed by atoms with E-state index in [0.717, 1.165) is 35.3 Å². The maximum absolute atomic E-state index is 12.9. The lowest BCUT2D eigenvalue weighted by Gasteiger charge is -2.31. The molecule has 174 valence electrons. The number of piperidine rings is 1. The number of halogens is 3. The van der Waals surface area contributed by atoms with Gasteiger partial charge in [0.15, 0.2) is 0 Å². The highest BCUT2D eigenvalue weighted by atomic mass is 32.2. The Labute approximate surface area is 186 Å². The van der Waals surface area contributed by atoms with Crippen LogP contribution in [0.15, 0.2) is 59.5 Å². The molecule has 1 aliphatic rings. The molecule has 2 aromatic rings. The predicted molar refractivity (Wildman–Crippen MR) is 115 cm³/mol. The largest absolute Gasteiger partial charge is 0.416 e. The van der Waals surface area contributed by atoms with Crippen LogP contribution in [0.2, 0.25) is 0 Å². The van der Waals surface area contributed by atoms with Crippen LogP contribution in [0, 0.1) is 5.92 Å². The molecule has 0 saturated carbocycles. The average Bonchev–Trinajstić information content (AvgIpc) is 2.78. The van der Waals surface area contributed by atoms with E-state index in [0.29, 0.717) is 18.9 Å². The van der Waals surface area contributed by atoms with Gasteiger partial charge in [-0.25, -0.2) is 8.42 Å². The third-order valence-electron chi connectivity index (χ3n) is 5.72. The molecule has 0 spiro atoms. The lowest BCUT2D eigenvalue weighted by molar-refractivity contribution is -0.137. The Hall–Kier alpha value is -2.39. The smallest absolute Gasteiger partial charge is 0.353 e. The topological polar surface area (TPSA) is 66.5 Å². The first kappa shape index (κ1) is 24.3. The van der Waals surface area contributed by atoms with Gasteiger partial charge in [0.05, 0.1) is 10.5 Å². The van der Waals surface area contributed by atoms with E-state index in [1.165, 1.54) is 5.56 Å². The highest BCUT2D eigenvalue weighted by Crippen LogP contribution is 2.32. The fourth-order valence-electron chi connectivity index (χ4n) is 3.80. The molecule has 0 radical (unpaired) electrons. The van der Waals surface area contributed by atoms with Crippen LogP contribution in [0.3, 0.4) is 0 Å². The molecule has 32 heavy (non-hydrogen) atoms. The molecule has 1 amide bonds. The van der Waals surface area contributed by atoms with E-state index in [4.69, 9.17) is 0 Å². The van der Waals surface area contributed by atoms with Gasteiger partial charge in [-0.2, -0.15) is 17.5 Å². The Morgan fingerprint density at radius 3 is 2.38 bits per heavy atom. The van der Waals surface area contributed by atoms with Crippen molar-refractivity contribution in [2.75, 3.05) is 13.1 Å². The number of hydrogen-bond acceptors (Lipinski definition) is 3. The molecule has 3 rings (SSSR count). The summed E-state index contributed by atoms with van der Waals surface area (Å²) >= 11 is 0. The second kappa shape index (κ2) is 10.0. The number of rotatable bonds is 7. The molecule has 1 atom stereocenters. The number of carbonyl (C=O) groups excluding carboxylic acids is 1. The van der Waals surface area contributed by atoms with Crippen LogP contribution in [0.5, 0.6) is 0 Å². The number of nitrogens with one attached hydrogen (secondary N) is 1. The summed E-state index contributed by atoms with van der Waals surface area (Å²) in [5.74, 6) is -0.427. The van der Waals surface area contributed by atoms with Gasteiger partial charge >= 0.3 is 6.18 Å². The number of sulfonamides is 1. The molecule has 1 heterocycles. The normalized spacial score (nSPS) is 17.1. The van der Waals surface area contributed by atoms with Crippen LogP contribution in [0.4, 0.5) is 13.2 Å². The lowest BCUT2D eigenvalue weighted by Crippen LogP contribution is -2.44. The Kier molecular flexibility index (Phi) is 7.61. The van der Waals surface area contributed by atoms with Gasteiger partial charge in [0.1, 0.15) is 0 Å². The number of alkyl halides is 3. The van der Waals surface area contributed by atoms with Crippen molar-refractivity contribution in [2.24, 2.45) is 5.92 Å². The van der Waals surface area contributed by atoms with Gasteiger partial charge in [-0.1, -0.05) is 36.4 Å². The second-order valence-corrected chi connectivity index (χ2v) is 10.1. The lowest BCUT2D eigenvalue weighted by atomic mass is 9.96. The zero-order chi connectivity index (χ0) is 23.4. The first-order chi connectivity index (χ1) is 15.1. The van der Waals surface area contributed by atoms with Crippen molar-refractivity contribution in [1.82, 2.24) is 9.62 Å². The predicted octanol–water partition coefficient (Wildman–Crippen LogP) is 4.24. The minimum absolute atomic E-state index is 0.0189. The summed E-state index contributed by atoms with van der Waals surface area (Å²) in [4.78, 5) is 12.2. The molecular formula is C23H27F3N2O3S. The van der Waals surface area contributed by atoms with Crippen LogP contribution in [0.25, 0.3) is 0 Å². The van der Waals surface area contributed by atoms with E-state index in [2.05, 4.69) is 5.32 Å². The van der Waals surface area contributed by atoms with Gasteiger partial charge in [0.2, 0.25) is 15.9 Å². The molecule has 0 bridgehead atoms. The number of benzene rings is 2. The Balaban J connectivity index is 1.53. The maximum atomic E-state index is 12.9. The summed E-state index contributed by atoms with van der Waals surface area (Å²) in [7, 11) is -4.05. The first-order valence-electron chi connectivity index (χ1n) is 10.6. The molecular weight excluding hydrogens is 441 g/mol. The molecule has 5 nitrogen and oxygen atoms in total. The van der Waals surface area contributed by atoms with Gasteiger partial charge in [-0.15, -0.1) is 0 Å². The van der Waals surface area contributed by atoms with Gasteiger partial charge in [-0.3, -0.25) is 4.79 Å². The highest BCUT2D eigenvalue weighted by Gasteiger charge is 2.35. The van der Waals surface area contributed by atoms with E-state index in [-0.39, 0.29) is 35.9 Å². The first-order valence-corrected chi connectivity index (χ1v) is 12.0. The van der Waals surface area contributed by atoms with Crippen LogP contribution in [-0.2, 0) is 27.4 Å². The van der Waals surface area contributed by atoms with Crippen LogP contribution >= 0.6 is 0 Å². The van der Waals surface area contributed by atoms with Crippen molar-refractivity contribution in [2.45, 2.75) is 49.7 Å². The Bertz CT molecular complexity index is 1020. The fourth-order valence-corrected chi connectivity index (χ4v) is 5.32. The molecule has 9 heteroatoms. The van der Waals surface area contributed by atoms with Crippen molar-refractivity contribution < 1.29 is 26.4 Å². The molecule has 0 aliphatic carbocycles. The summed E-state index contributed by atoms with van der Waals surface area (Å²) < 4.78 is 65.6. The van der Waals surface area contributed by atoms with E-state index in [1.54, 1.807) is 0 Å². The van der Waals surface area contributed by atoms with Crippen LogP contribution in [-0.4, -0.2) is 37.8 Å². The van der Waals surface area contributed by atoms with Crippen LogP contribution < -0.4 is 5.32 Å². The van der Waals surface area contributed by atoms with E-state index in [9.17, 15) is 26.4 Å². The maximum Gasteiger partial charge on any atom is 0.416 e. The number of amides is 1. The average molecular weight is 469 g/mol. The summed E-state index contributed by atoms with van der Waals surface area (Å²) in [5.41, 5.74) is 0.194. The minimum atomic E-state index is -4.62. The standard InChI is InChI=1S/C23H27F3N2O3S/c1-17(10-11-18-6-3-2-4-7-18)27-22(29)19-12-14-28(15-13-19)32(30,31)21-9-5-8-20(16-21)23(24,25)26/h2-9,16-17,19H,10-15H2,1H3,(H,27,29)/t17-/m0/s1. The monoisotopic (exact) mass is 468 g/mol. The van der Waals surface area contributed by atoms with E-state index >= 15 is 0 Å². The fraction of sp³-hybridized carbons (Fsp3) is 0.435. The van der Waals surface area contributed by atoms with Gasteiger partial charge in [0.25, 0.3) is 0 Å². The van der Waals surface area contributed by atoms with E-state index < -0.39 is 21.8 Å². The SMILES string of the molecule is C[C@@H](CCc1ccccc1)NC(=O)C1CCN(S(=O)(=O)c2cccc(C(F)(F)F)c2)CC1. The van der Waals surface area contributed by atoms with Crippen molar-refractivity contribution in [3.05, 3.63) is 65.7 Å². The second-order valence-electron chi connectivity index (χ2n) is 8.14. The van der Waals surface area contributed by atoms with Gasteiger partial charge in [0, 0.05) is 25.0 Å². The number of aryl methyl sites for hydroxylation is 1. The summed E-state index contributed by atoms with van der Waals surface area (Å²) in [6, 6.07) is 13.7. The third kappa shape index (κ3) is 6.10. The van der Waals surface area contributed by atoms with Crippen molar-refractivity contribution in [1.29, 1.82) is 0 Å².